The van der Waals surface area contributed by atoms with Crippen molar-refractivity contribution in [1.29, 1.82) is 0 Å². The number of hydrogen-bond donors (Lipinski definition) is 1. The largest absolute Gasteiger partial charge is 0.494 e. The maximum absolute atomic E-state index is 5.87. The molecule has 0 spiro atoms. The fraction of sp³-hybridized carbons (Fsp3) is 0.214. The highest BCUT2D eigenvalue weighted by molar-refractivity contribution is 9.10. The Bertz CT molecular complexity index is 543. The normalized spacial score (nSPS) is 10.3. The average Bonchev–Trinajstić information content (AvgIpc) is 2.36. The molecule has 0 fully saturated rings. The number of aromatic nitrogens is 1. The van der Waals surface area contributed by atoms with Crippen molar-refractivity contribution >= 4 is 21.7 Å². The fourth-order valence-corrected chi connectivity index (χ4v) is 2.20. The van der Waals surface area contributed by atoms with Gasteiger partial charge in [-0.3, -0.25) is 0 Å². The number of anilines is 1. The Morgan fingerprint density at radius 2 is 2.11 bits per heavy atom. The number of benzene rings is 1. The Morgan fingerprint density at radius 1 is 1.28 bits per heavy atom. The highest BCUT2D eigenvalue weighted by Crippen LogP contribution is 2.26. The first kappa shape index (κ1) is 12.9. The van der Waals surface area contributed by atoms with E-state index in [-0.39, 0.29) is 0 Å². The lowest BCUT2D eigenvalue weighted by Gasteiger charge is -2.11. The third-order valence-electron chi connectivity index (χ3n) is 2.63. The topological polar surface area (TPSA) is 48.1 Å². The third kappa shape index (κ3) is 3.01. The van der Waals surface area contributed by atoms with Crippen LogP contribution in [0, 0.1) is 0 Å². The van der Waals surface area contributed by atoms with E-state index in [0.717, 1.165) is 21.3 Å². The second kappa shape index (κ2) is 5.87. The summed E-state index contributed by atoms with van der Waals surface area (Å²) in [6.07, 6.45) is 2.41. The van der Waals surface area contributed by atoms with E-state index >= 15 is 0 Å². The Labute approximate surface area is 115 Å². The molecule has 0 saturated heterocycles. The van der Waals surface area contributed by atoms with Crippen molar-refractivity contribution in [2.75, 3.05) is 12.3 Å². The van der Waals surface area contributed by atoms with Crippen LogP contribution in [0.1, 0.15) is 18.1 Å². The molecule has 0 aliphatic rings. The summed E-state index contributed by atoms with van der Waals surface area (Å²) in [7, 11) is 0. The highest BCUT2D eigenvalue weighted by Gasteiger charge is 2.07. The first-order valence-corrected chi connectivity index (χ1v) is 6.60. The van der Waals surface area contributed by atoms with Gasteiger partial charge in [-0.1, -0.05) is 22.0 Å². The number of nitrogens with zero attached hydrogens (tertiary/aromatic N) is 1. The summed E-state index contributed by atoms with van der Waals surface area (Å²) in [5.41, 5.74) is 7.98. The first-order valence-electron chi connectivity index (χ1n) is 5.81. The maximum Gasteiger partial charge on any atom is 0.126 e. The SMILES string of the molecule is CCOc1ccc(Br)cc1Cc1cccnc1N. The molecule has 94 valence electrons. The van der Waals surface area contributed by atoms with Gasteiger partial charge in [-0.25, -0.2) is 4.98 Å². The van der Waals surface area contributed by atoms with Crippen LogP contribution in [-0.2, 0) is 6.42 Å². The molecule has 0 radical (unpaired) electrons. The van der Waals surface area contributed by atoms with Gasteiger partial charge in [0.15, 0.2) is 0 Å². The minimum atomic E-state index is 0.569. The van der Waals surface area contributed by atoms with Crippen LogP contribution in [0.25, 0.3) is 0 Å². The minimum Gasteiger partial charge on any atom is -0.494 e. The number of ether oxygens (including phenoxy) is 1. The zero-order valence-corrected chi connectivity index (χ0v) is 11.8. The van der Waals surface area contributed by atoms with Crippen molar-refractivity contribution in [3.05, 3.63) is 52.1 Å². The molecule has 0 bridgehead atoms. The van der Waals surface area contributed by atoms with Crippen LogP contribution in [0.5, 0.6) is 5.75 Å². The van der Waals surface area contributed by atoms with Crippen LogP contribution in [0.3, 0.4) is 0 Å². The molecule has 1 aromatic heterocycles. The zero-order valence-electron chi connectivity index (χ0n) is 10.2. The van der Waals surface area contributed by atoms with Gasteiger partial charge in [0.2, 0.25) is 0 Å². The van der Waals surface area contributed by atoms with E-state index in [1.165, 1.54) is 0 Å². The molecule has 2 aromatic rings. The standard InChI is InChI=1S/C14H15BrN2O/c1-2-18-13-6-5-12(15)9-11(13)8-10-4-3-7-17-14(10)16/h3-7,9H,2,8H2,1H3,(H2,16,17). The molecular weight excluding hydrogens is 292 g/mol. The van der Waals surface area contributed by atoms with Crippen LogP contribution in [0.4, 0.5) is 5.82 Å². The number of halogens is 1. The molecule has 2 N–H and O–H groups in total. The van der Waals surface area contributed by atoms with Crippen molar-refractivity contribution in [3.63, 3.8) is 0 Å². The number of nitrogen functional groups attached to an aromatic ring is 1. The van der Waals surface area contributed by atoms with Gasteiger partial charge < -0.3 is 10.5 Å². The van der Waals surface area contributed by atoms with Crippen LogP contribution >= 0.6 is 15.9 Å². The Balaban J connectivity index is 2.33. The monoisotopic (exact) mass is 306 g/mol. The lowest BCUT2D eigenvalue weighted by Crippen LogP contribution is -2.01. The Morgan fingerprint density at radius 3 is 2.83 bits per heavy atom. The van der Waals surface area contributed by atoms with Gasteiger partial charge in [0.1, 0.15) is 11.6 Å². The average molecular weight is 307 g/mol. The molecule has 1 heterocycles. The molecule has 0 aliphatic heterocycles. The van der Waals surface area contributed by atoms with Gasteiger partial charge in [0.25, 0.3) is 0 Å². The summed E-state index contributed by atoms with van der Waals surface area (Å²) in [5, 5.41) is 0. The summed E-state index contributed by atoms with van der Waals surface area (Å²) >= 11 is 3.48. The molecule has 2 rings (SSSR count). The summed E-state index contributed by atoms with van der Waals surface area (Å²) in [4.78, 5) is 4.10. The number of pyridine rings is 1. The maximum atomic E-state index is 5.87. The van der Waals surface area contributed by atoms with E-state index in [2.05, 4.69) is 27.0 Å². The van der Waals surface area contributed by atoms with Crippen molar-refractivity contribution in [2.45, 2.75) is 13.3 Å². The third-order valence-corrected chi connectivity index (χ3v) is 3.12. The van der Waals surface area contributed by atoms with Gasteiger partial charge in [-0.05, 0) is 42.3 Å². The molecule has 0 aliphatic carbocycles. The predicted molar refractivity (Wildman–Crippen MR) is 76.8 cm³/mol. The van der Waals surface area contributed by atoms with E-state index in [1.807, 2.05) is 31.2 Å². The lowest BCUT2D eigenvalue weighted by atomic mass is 10.0. The number of hydrogen-bond acceptors (Lipinski definition) is 3. The van der Waals surface area contributed by atoms with Gasteiger partial charge in [-0.2, -0.15) is 0 Å². The van der Waals surface area contributed by atoms with E-state index < -0.39 is 0 Å². The Kier molecular flexibility index (Phi) is 4.20. The van der Waals surface area contributed by atoms with E-state index in [1.54, 1.807) is 6.20 Å². The van der Waals surface area contributed by atoms with Crippen molar-refractivity contribution < 1.29 is 4.74 Å². The van der Waals surface area contributed by atoms with Gasteiger partial charge in [-0.15, -0.1) is 0 Å². The van der Waals surface area contributed by atoms with Crippen LogP contribution in [-0.4, -0.2) is 11.6 Å². The van der Waals surface area contributed by atoms with Gasteiger partial charge >= 0.3 is 0 Å². The molecule has 3 nitrogen and oxygen atoms in total. The van der Waals surface area contributed by atoms with E-state index in [0.29, 0.717) is 18.8 Å². The second-order valence-electron chi connectivity index (χ2n) is 3.91. The van der Waals surface area contributed by atoms with Crippen molar-refractivity contribution in [3.8, 4) is 5.75 Å². The van der Waals surface area contributed by atoms with Gasteiger partial charge in [0, 0.05) is 17.1 Å². The summed E-state index contributed by atoms with van der Waals surface area (Å²) in [6.45, 7) is 2.63. The smallest absolute Gasteiger partial charge is 0.126 e. The molecule has 0 saturated carbocycles. The van der Waals surface area contributed by atoms with E-state index in [4.69, 9.17) is 10.5 Å². The van der Waals surface area contributed by atoms with Crippen LogP contribution in [0.15, 0.2) is 41.0 Å². The number of nitrogens with two attached hydrogens (primary N) is 1. The summed E-state index contributed by atoms with van der Waals surface area (Å²) in [6, 6.07) is 9.87. The first-order chi connectivity index (χ1) is 8.70. The highest BCUT2D eigenvalue weighted by atomic mass is 79.9. The van der Waals surface area contributed by atoms with Crippen LogP contribution in [0.2, 0.25) is 0 Å². The Hall–Kier alpha value is -1.55. The molecule has 18 heavy (non-hydrogen) atoms. The molecule has 1 aromatic carbocycles. The minimum absolute atomic E-state index is 0.569. The molecule has 0 amide bonds. The second-order valence-corrected chi connectivity index (χ2v) is 4.83. The zero-order chi connectivity index (χ0) is 13.0. The number of rotatable bonds is 4. The van der Waals surface area contributed by atoms with E-state index in [9.17, 15) is 0 Å². The molecule has 0 atom stereocenters. The van der Waals surface area contributed by atoms with Crippen LogP contribution < -0.4 is 10.5 Å². The quantitative estimate of drug-likeness (QED) is 0.941. The van der Waals surface area contributed by atoms with Crippen molar-refractivity contribution in [2.24, 2.45) is 0 Å². The fourth-order valence-electron chi connectivity index (χ4n) is 1.79. The molecule has 0 unspecified atom stereocenters. The van der Waals surface area contributed by atoms with Gasteiger partial charge in [0.05, 0.1) is 6.61 Å². The lowest BCUT2D eigenvalue weighted by molar-refractivity contribution is 0.337. The summed E-state index contributed by atoms with van der Waals surface area (Å²) < 4.78 is 6.65. The van der Waals surface area contributed by atoms with Crippen molar-refractivity contribution in [1.82, 2.24) is 4.98 Å². The predicted octanol–water partition coefficient (Wildman–Crippen LogP) is 3.42. The summed E-state index contributed by atoms with van der Waals surface area (Å²) in [5.74, 6) is 1.46. The molecular formula is C14H15BrN2O. The molecule has 4 heteroatoms.